The molecular weight excluding hydrogens is 220 g/mol. The van der Waals surface area contributed by atoms with Crippen molar-refractivity contribution in [3.63, 3.8) is 0 Å². The van der Waals surface area contributed by atoms with E-state index in [1.54, 1.807) is 11.7 Å². The van der Waals surface area contributed by atoms with Crippen molar-refractivity contribution >= 4 is 21.7 Å². The van der Waals surface area contributed by atoms with Crippen LogP contribution in [0.1, 0.15) is 23.1 Å². The number of alkyl halides is 1. The fourth-order valence-corrected chi connectivity index (χ4v) is 1.32. The second-order valence-corrected chi connectivity index (χ2v) is 3.12. The zero-order valence-corrected chi connectivity index (χ0v) is 8.76. The smallest absolute Gasteiger partial charge is 0.191 e. The lowest BCUT2D eigenvalue weighted by atomic mass is 10.2. The van der Waals surface area contributed by atoms with Crippen LogP contribution in [0, 0.1) is 0 Å². The Kier molecular flexibility index (Phi) is 3.03. The highest BCUT2D eigenvalue weighted by Crippen LogP contribution is 2.05. The Labute approximate surface area is 79.9 Å². The molecule has 1 heterocycles. The summed E-state index contributed by atoms with van der Waals surface area (Å²) in [5, 5.41) is 4.53. The molecule has 3 nitrogen and oxygen atoms in total. The van der Waals surface area contributed by atoms with Gasteiger partial charge < -0.3 is 0 Å². The highest BCUT2D eigenvalue weighted by atomic mass is 79.9. The van der Waals surface area contributed by atoms with Crippen LogP contribution in [0.15, 0.2) is 6.07 Å². The molecule has 0 aromatic carbocycles. The average Bonchev–Trinajstić information content (AvgIpc) is 2.45. The molecule has 1 rings (SSSR count). The predicted molar refractivity (Wildman–Crippen MR) is 50.7 cm³/mol. The summed E-state index contributed by atoms with van der Waals surface area (Å²) in [4.78, 5) is 11.3. The first-order valence-corrected chi connectivity index (χ1v) is 4.93. The Bertz CT molecular complexity index is 293. The van der Waals surface area contributed by atoms with E-state index in [1.807, 2.05) is 13.0 Å². The number of carbonyl (C=O) groups excluding carboxylic acids is 1. The Morgan fingerprint density at radius 2 is 2.42 bits per heavy atom. The summed E-state index contributed by atoms with van der Waals surface area (Å²) in [6.07, 6.45) is 0.864. The minimum absolute atomic E-state index is 0.0738. The minimum atomic E-state index is 0.0738. The van der Waals surface area contributed by atoms with Crippen LogP contribution in [0.25, 0.3) is 0 Å². The number of Topliss-reactive ketones (excluding diaryl/α,β-unsaturated/α-hetero) is 1. The van der Waals surface area contributed by atoms with E-state index < -0.39 is 0 Å². The van der Waals surface area contributed by atoms with Crippen LogP contribution < -0.4 is 0 Å². The number of hydrogen-bond acceptors (Lipinski definition) is 2. The van der Waals surface area contributed by atoms with Crippen molar-refractivity contribution < 1.29 is 4.79 Å². The molecular formula is C8H11BrN2O. The second-order valence-electron chi connectivity index (χ2n) is 2.55. The fraction of sp³-hybridized carbons (Fsp3) is 0.500. The van der Waals surface area contributed by atoms with Gasteiger partial charge in [-0.15, -0.1) is 0 Å². The molecule has 0 unspecified atom stereocenters. The molecule has 0 aliphatic rings. The maximum Gasteiger partial charge on any atom is 0.191 e. The molecule has 4 heteroatoms. The van der Waals surface area contributed by atoms with Gasteiger partial charge in [-0.1, -0.05) is 22.9 Å². The van der Waals surface area contributed by atoms with Crippen LogP contribution in [0.4, 0.5) is 0 Å². The highest BCUT2D eigenvalue weighted by molar-refractivity contribution is 9.09. The van der Waals surface area contributed by atoms with E-state index in [0.29, 0.717) is 11.0 Å². The molecule has 1 aromatic rings. The van der Waals surface area contributed by atoms with Crippen LogP contribution in [-0.4, -0.2) is 20.9 Å². The second kappa shape index (κ2) is 3.85. The van der Waals surface area contributed by atoms with E-state index in [4.69, 9.17) is 0 Å². The maximum absolute atomic E-state index is 11.3. The molecule has 0 fully saturated rings. The molecule has 0 aliphatic carbocycles. The summed E-state index contributed by atoms with van der Waals surface area (Å²) in [6, 6.07) is 1.84. The topological polar surface area (TPSA) is 34.9 Å². The summed E-state index contributed by atoms with van der Waals surface area (Å²) in [5.74, 6) is 0.0738. The first kappa shape index (κ1) is 9.45. The van der Waals surface area contributed by atoms with Crippen molar-refractivity contribution in [3.05, 3.63) is 17.5 Å². The van der Waals surface area contributed by atoms with E-state index in [2.05, 4.69) is 21.0 Å². The Hall–Kier alpha value is -0.640. The van der Waals surface area contributed by atoms with Gasteiger partial charge in [-0.05, 0) is 12.5 Å². The molecule has 12 heavy (non-hydrogen) atoms. The molecule has 0 N–H and O–H groups in total. The Morgan fingerprint density at radius 3 is 2.83 bits per heavy atom. The summed E-state index contributed by atoms with van der Waals surface area (Å²) < 4.78 is 1.63. The number of hydrogen-bond donors (Lipinski definition) is 0. The summed E-state index contributed by atoms with van der Waals surface area (Å²) in [5.41, 5.74) is 1.63. The lowest BCUT2D eigenvalue weighted by Gasteiger charge is -1.94. The quantitative estimate of drug-likeness (QED) is 0.584. The number of ketones is 1. The van der Waals surface area contributed by atoms with E-state index in [-0.39, 0.29) is 5.78 Å². The third kappa shape index (κ3) is 1.75. The standard InChI is InChI=1S/C8H11BrN2O/c1-3-6-4-7(8(12)5-9)11(2)10-6/h4H,3,5H2,1-2H3. The van der Waals surface area contributed by atoms with Gasteiger partial charge in [-0.2, -0.15) is 5.10 Å². The van der Waals surface area contributed by atoms with Crippen LogP contribution in [0.3, 0.4) is 0 Å². The number of aryl methyl sites for hydroxylation is 2. The van der Waals surface area contributed by atoms with Gasteiger partial charge in [0.2, 0.25) is 0 Å². The molecule has 0 bridgehead atoms. The third-order valence-electron chi connectivity index (χ3n) is 1.70. The van der Waals surface area contributed by atoms with E-state index in [9.17, 15) is 4.79 Å². The third-order valence-corrected chi connectivity index (χ3v) is 2.21. The highest BCUT2D eigenvalue weighted by Gasteiger charge is 2.10. The zero-order chi connectivity index (χ0) is 9.14. The van der Waals surface area contributed by atoms with Gasteiger partial charge in [0.15, 0.2) is 5.78 Å². The number of halogens is 1. The van der Waals surface area contributed by atoms with Crippen LogP contribution in [-0.2, 0) is 13.5 Å². The molecule has 1 aromatic heterocycles. The van der Waals surface area contributed by atoms with Crippen molar-refractivity contribution in [2.75, 3.05) is 5.33 Å². The van der Waals surface area contributed by atoms with Gasteiger partial charge in [0, 0.05) is 7.05 Å². The normalized spacial score (nSPS) is 10.2. The van der Waals surface area contributed by atoms with Gasteiger partial charge in [0.1, 0.15) is 5.69 Å². The predicted octanol–water partition coefficient (Wildman–Crippen LogP) is 1.56. The molecule has 0 radical (unpaired) electrons. The van der Waals surface area contributed by atoms with Crippen molar-refractivity contribution in [1.29, 1.82) is 0 Å². The zero-order valence-electron chi connectivity index (χ0n) is 7.17. The largest absolute Gasteiger partial charge is 0.292 e. The Balaban J connectivity index is 2.99. The van der Waals surface area contributed by atoms with Gasteiger partial charge in [-0.25, -0.2) is 0 Å². The Morgan fingerprint density at radius 1 is 1.75 bits per heavy atom. The average molecular weight is 231 g/mol. The van der Waals surface area contributed by atoms with Gasteiger partial charge in [0.25, 0.3) is 0 Å². The maximum atomic E-state index is 11.3. The molecule has 0 saturated heterocycles. The van der Waals surface area contributed by atoms with E-state index in [1.165, 1.54) is 0 Å². The van der Waals surface area contributed by atoms with Crippen molar-refractivity contribution in [1.82, 2.24) is 9.78 Å². The van der Waals surface area contributed by atoms with Gasteiger partial charge in [-0.3, -0.25) is 9.48 Å². The molecule has 0 spiro atoms. The van der Waals surface area contributed by atoms with Crippen molar-refractivity contribution in [3.8, 4) is 0 Å². The first-order chi connectivity index (χ1) is 5.69. The number of carbonyl (C=O) groups is 1. The molecule has 0 amide bonds. The number of aromatic nitrogens is 2. The molecule has 0 atom stereocenters. The summed E-state index contributed by atoms with van der Waals surface area (Å²) >= 11 is 3.13. The first-order valence-electron chi connectivity index (χ1n) is 3.81. The van der Waals surface area contributed by atoms with Crippen molar-refractivity contribution in [2.24, 2.45) is 7.05 Å². The SMILES string of the molecule is CCc1cc(C(=O)CBr)n(C)n1. The molecule has 66 valence electrons. The van der Waals surface area contributed by atoms with Crippen LogP contribution >= 0.6 is 15.9 Å². The molecule has 0 saturated carbocycles. The summed E-state index contributed by atoms with van der Waals surface area (Å²) in [7, 11) is 1.79. The van der Waals surface area contributed by atoms with E-state index >= 15 is 0 Å². The minimum Gasteiger partial charge on any atom is -0.292 e. The van der Waals surface area contributed by atoms with Crippen LogP contribution in [0.5, 0.6) is 0 Å². The fourth-order valence-electron chi connectivity index (χ4n) is 1.03. The lowest BCUT2D eigenvalue weighted by molar-refractivity contribution is 0.101. The van der Waals surface area contributed by atoms with Gasteiger partial charge >= 0.3 is 0 Å². The number of nitrogens with zero attached hydrogens (tertiary/aromatic N) is 2. The van der Waals surface area contributed by atoms with Gasteiger partial charge in [0.05, 0.1) is 11.0 Å². The van der Waals surface area contributed by atoms with Crippen molar-refractivity contribution in [2.45, 2.75) is 13.3 Å². The van der Waals surface area contributed by atoms with E-state index in [0.717, 1.165) is 12.1 Å². The molecule has 0 aliphatic heterocycles. The number of rotatable bonds is 3. The summed E-state index contributed by atoms with van der Waals surface area (Å²) in [6.45, 7) is 2.02. The lowest BCUT2D eigenvalue weighted by Crippen LogP contribution is -2.07. The van der Waals surface area contributed by atoms with Crippen LogP contribution in [0.2, 0.25) is 0 Å². The monoisotopic (exact) mass is 230 g/mol.